The van der Waals surface area contributed by atoms with Crippen molar-refractivity contribution in [2.24, 2.45) is 4.99 Å². The molecule has 0 fully saturated rings. The molecule has 1 heterocycles. The van der Waals surface area contributed by atoms with E-state index in [1.807, 2.05) is 0 Å². The van der Waals surface area contributed by atoms with Crippen molar-refractivity contribution < 1.29 is 13.2 Å². The fourth-order valence-corrected chi connectivity index (χ4v) is 1.94. The Morgan fingerprint density at radius 3 is 2.65 bits per heavy atom. The van der Waals surface area contributed by atoms with E-state index in [0.717, 1.165) is 37.4 Å². The summed E-state index contributed by atoms with van der Waals surface area (Å²) in [7, 11) is 0. The Kier molecular flexibility index (Phi) is 3.42. The van der Waals surface area contributed by atoms with Crippen molar-refractivity contribution in [3.8, 4) is 0 Å². The van der Waals surface area contributed by atoms with E-state index in [4.69, 9.17) is 0 Å². The number of hydrogen-bond donors (Lipinski definition) is 1. The van der Waals surface area contributed by atoms with Crippen LogP contribution in [0.5, 0.6) is 0 Å². The maximum Gasteiger partial charge on any atom is 0.416 e. The summed E-state index contributed by atoms with van der Waals surface area (Å²) in [6.45, 7) is 0.735. The molecular weight excluding hydrogens is 297 g/mol. The van der Waals surface area contributed by atoms with Gasteiger partial charge >= 0.3 is 6.18 Å². The van der Waals surface area contributed by atoms with Gasteiger partial charge in [-0.25, -0.2) is 0 Å². The molecule has 1 N–H and O–H groups in total. The summed E-state index contributed by atoms with van der Waals surface area (Å²) in [6, 6.07) is 3.53. The zero-order valence-electron chi connectivity index (χ0n) is 8.81. The number of hydrogen-bond acceptors (Lipinski definition) is 2. The lowest BCUT2D eigenvalue weighted by molar-refractivity contribution is -0.137. The van der Waals surface area contributed by atoms with E-state index >= 15 is 0 Å². The highest BCUT2D eigenvalue weighted by Crippen LogP contribution is 2.34. The van der Waals surface area contributed by atoms with Crippen LogP contribution >= 0.6 is 15.9 Å². The summed E-state index contributed by atoms with van der Waals surface area (Å²) >= 11 is 3.22. The lowest BCUT2D eigenvalue weighted by atomic mass is 10.2. The molecule has 6 heteroatoms. The fourth-order valence-electron chi connectivity index (χ4n) is 1.59. The second kappa shape index (κ2) is 4.68. The second-order valence-electron chi connectivity index (χ2n) is 3.75. The highest BCUT2D eigenvalue weighted by molar-refractivity contribution is 9.10. The Hall–Kier alpha value is -1.04. The first-order valence-electron chi connectivity index (χ1n) is 5.14. The van der Waals surface area contributed by atoms with Gasteiger partial charge in [-0.1, -0.05) is 0 Å². The Morgan fingerprint density at radius 2 is 2.06 bits per heavy atom. The molecule has 1 aromatic carbocycles. The molecule has 0 atom stereocenters. The number of amidine groups is 1. The Balaban J connectivity index is 2.26. The van der Waals surface area contributed by atoms with Gasteiger partial charge in [-0.05, 0) is 40.5 Å². The fraction of sp³-hybridized carbons (Fsp3) is 0.364. The number of rotatable bonds is 1. The molecule has 1 aromatic rings. The largest absolute Gasteiger partial charge is 0.416 e. The van der Waals surface area contributed by atoms with Crippen LogP contribution < -0.4 is 5.32 Å². The van der Waals surface area contributed by atoms with Gasteiger partial charge in [0.15, 0.2) is 0 Å². The van der Waals surface area contributed by atoms with Gasteiger partial charge in [-0.3, -0.25) is 4.99 Å². The number of anilines is 1. The first kappa shape index (κ1) is 12.4. The minimum absolute atomic E-state index is 0.403. The van der Waals surface area contributed by atoms with Crippen molar-refractivity contribution in [1.82, 2.24) is 0 Å². The Morgan fingerprint density at radius 1 is 1.29 bits per heavy atom. The number of aliphatic imine (C=N–C) groups is 1. The third-order valence-electron chi connectivity index (χ3n) is 2.45. The van der Waals surface area contributed by atoms with Gasteiger partial charge in [0.2, 0.25) is 0 Å². The molecule has 2 rings (SSSR count). The highest BCUT2D eigenvalue weighted by atomic mass is 79.9. The van der Waals surface area contributed by atoms with E-state index in [0.29, 0.717) is 10.2 Å². The minimum atomic E-state index is -4.32. The molecule has 2 nitrogen and oxygen atoms in total. The maximum atomic E-state index is 12.5. The van der Waals surface area contributed by atoms with Crippen LogP contribution in [-0.4, -0.2) is 12.4 Å². The minimum Gasteiger partial charge on any atom is -0.343 e. The smallest absolute Gasteiger partial charge is 0.343 e. The van der Waals surface area contributed by atoms with Gasteiger partial charge in [0, 0.05) is 17.4 Å². The number of alkyl halides is 3. The molecule has 0 saturated carbocycles. The van der Waals surface area contributed by atoms with E-state index in [9.17, 15) is 13.2 Å². The van der Waals surface area contributed by atoms with Crippen LogP contribution in [0.15, 0.2) is 27.7 Å². The molecule has 0 amide bonds. The van der Waals surface area contributed by atoms with Crippen LogP contribution in [0.1, 0.15) is 18.4 Å². The predicted molar refractivity (Wildman–Crippen MR) is 64.3 cm³/mol. The van der Waals surface area contributed by atoms with Crippen molar-refractivity contribution in [3.63, 3.8) is 0 Å². The number of halogens is 4. The van der Waals surface area contributed by atoms with Crippen LogP contribution in [-0.2, 0) is 6.18 Å². The Labute approximate surface area is 105 Å². The molecule has 1 aliphatic heterocycles. The average Bonchev–Trinajstić information content (AvgIpc) is 2.72. The van der Waals surface area contributed by atoms with Crippen LogP contribution in [0.4, 0.5) is 18.9 Å². The zero-order valence-corrected chi connectivity index (χ0v) is 10.4. The van der Waals surface area contributed by atoms with Crippen molar-refractivity contribution in [1.29, 1.82) is 0 Å². The molecule has 0 spiro atoms. The van der Waals surface area contributed by atoms with Crippen molar-refractivity contribution in [2.75, 3.05) is 11.9 Å². The molecular formula is C11H10BrF3N2. The Bertz CT molecular complexity index is 455. The molecule has 0 aliphatic carbocycles. The van der Waals surface area contributed by atoms with E-state index in [1.54, 1.807) is 0 Å². The summed E-state index contributed by atoms with van der Waals surface area (Å²) < 4.78 is 38.2. The van der Waals surface area contributed by atoms with Crippen LogP contribution in [0.3, 0.4) is 0 Å². The van der Waals surface area contributed by atoms with Crippen molar-refractivity contribution in [3.05, 3.63) is 28.2 Å². The van der Waals surface area contributed by atoms with Crippen molar-refractivity contribution >= 4 is 27.5 Å². The van der Waals surface area contributed by atoms with E-state index in [-0.39, 0.29) is 0 Å². The molecule has 0 saturated heterocycles. The van der Waals surface area contributed by atoms with Crippen LogP contribution in [0.25, 0.3) is 0 Å². The molecule has 0 unspecified atom stereocenters. The standard InChI is InChI=1S/C11H10BrF3N2/c12-8-4-3-7(11(13,14)15)6-9(8)17-10-2-1-5-16-10/h3-4,6H,1-2,5H2,(H,16,17). The zero-order chi connectivity index (χ0) is 12.5. The van der Waals surface area contributed by atoms with Gasteiger partial charge in [0.25, 0.3) is 0 Å². The van der Waals surface area contributed by atoms with Gasteiger partial charge in [0.1, 0.15) is 5.84 Å². The van der Waals surface area contributed by atoms with E-state index in [2.05, 4.69) is 26.2 Å². The van der Waals surface area contributed by atoms with Gasteiger partial charge in [-0.2, -0.15) is 13.2 Å². The quantitative estimate of drug-likeness (QED) is 0.831. The number of benzene rings is 1. The molecule has 1 aliphatic rings. The van der Waals surface area contributed by atoms with Crippen LogP contribution in [0, 0.1) is 0 Å². The summed E-state index contributed by atoms with van der Waals surface area (Å²) in [4.78, 5) is 4.17. The molecule has 0 radical (unpaired) electrons. The topological polar surface area (TPSA) is 24.4 Å². The molecule has 0 bridgehead atoms. The lowest BCUT2D eigenvalue weighted by Crippen LogP contribution is -2.11. The second-order valence-corrected chi connectivity index (χ2v) is 4.60. The first-order chi connectivity index (χ1) is 7.97. The maximum absolute atomic E-state index is 12.5. The van der Waals surface area contributed by atoms with Gasteiger partial charge in [0.05, 0.1) is 11.3 Å². The normalized spacial score (nSPS) is 15.9. The third kappa shape index (κ3) is 3.00. The summed E-state index contributed by atoms with van der Waals surface area (Å²) in [5.74, 6) is 0.741. The van der Waals surface area contributed by atoms with E-state index < -0.39 is 11.7 Å². The lowest BCUT2D eigenvalue weighted by Gasteiger charge is -2.12. The number of nitrogens with zero attached hydrogens (tertiary/aromatic N) is 1. The van der Waals surface area contributed by atoms with Crippen molar-refractivity contribution in [2.45, 2.75) is 19.0 Å². The van der Waals surface area contributed by atoms with Gasteiger partial charge in [-0.15, -0.1) is 0 Å². The molecule has 0 aromatic heterocycles. The monoisotopic (exact) mass is 306 g/mol. The highest BCUT2D eigenvalue weighted by Gasteiger charge is 2.31. The number of nitrogens with one attached hydrogen (secondary N) is 1. The summed E-state index contributed by atoms with van der Waals surface area (Å²) in [5, 5.41) is 2.92. The summed E-state index contributed by atoms with van der Waals surface area (Å²) in [5.41, 5.74) is -0.262. The average molecular weight is 307 g/mol. The van der Waals surface area contributed by atoms with Gasteiger partial charge < -0.3 is 5.32 Å². The van der Waals surface area contributed by atoms with Crippen LogP contribution in [0.2, 0.25) is 0 Å². The van der Waals surface area contributed by atoms with E-state index in [1.165, 1.54) is 6.07 Å². The predicted octanol–water partition coefficient (Wildman–Crippen LogP) is 4.07. The molecule has 92 valence electrons. The summed E-state index contributed by atoms with van der Waals surface area (Å²) in [6.07, 6.45) is -2.60. The molecule has 17 heavy (non-hydrogen) atoms. The first-order valence-corrected chi connectivity index (χ1v) is 5.93. The third-order valence-corrected chi connectivity index (χ3v) is 3.14. The SMILES string of the molecule is FC(F)(F)c1ccc(Br)c(NC2=NCCC2)c1.